The Morgan fingerprint density at radius 3 is 2.44 bits per heavy atom. The highest BCUT2D eigenvalue weighted by Gasteiger charge is 2.30. The topological polar surface area (TPSA) is 33.1 Å². The van der Waals surface area contributed by atoms with Gasteiger partial charge in [0.25, 0.3) is 0 Å². The Hall–Kier alpha value is -1.03. The molecular formula is C14H26N4. The summed E-state index contributed by atoms with van der Waals surface area (Å²) in [6.07, 6.45) is 4.51. The summed E-state index contributed by atoms with van der Waals surface area (Å²) < 4.78 is 2.29. The average Bonchev–Trinajstić information content (AvgIpc) is 2.72. The van der Waals surface area contributed by atoms with E-state index in [1.807, 2.05) is 0 Å². The largest absolute Gasteiger partial charge is 0.342 e. The maximum Gasteiger partial charge on any atom is 0.205 e. The molecule has 1 aromatic heterocycles. The van der Waals surface area contributed by atoms with Crippen molar-refractivity contribution in [1.29, 1.82) is 0 Å². The molecule has 0 saturated carbocycles. The van der Waals surface area contributed by atoms with Gasteiger partial charge in [-0.3, -0.25) is 0 Å². The number of imidazole rings is 1. The number of anilines is 1. The van der Waals surface area contributed by atoms with Gasteiger partial charge in [0.15, 0.2) is 0 Å². The van der Waals surface area contributed by atoms with Crippen LogP contribution < -0.4 is 10.2 Å². The Morgan fingerprint density at radius 1 is 1.33 bits per heavy atom. The molecule has 0 atom stereocenters. The predicted octanol–water partition coefficient (Wildman–Crippen LogP) is 2.35. The third-order valence-corrected chi connectivity index (χ3v) is 4.14. The van der Waals surface area contributed by atoms with Crippen LogP contribution in [0.4, 0.5) is 5.95 Å². The van der Waals surface area contributed by atoms with Crippen molar-refractivity contribution in [2.45, 2.75) is 52.1 Å². The summed E-state index contributed by atoms with van der Waals surface area (Å²) in [4.78, 5) is 7.12. The van der Waals surface area contributed by atoms with Crippen molar-refractivity contribution in [3.8, 4) is 0 Å². The second-order valence-corrected chi connectivity index (χ2v) is 5.98. The van der Waals surface area contributed by atoms with Crippen LogP contribution in [0.25, 0.3) is 0 Å². The third-order valence-electron chi connectivity index (χ3n) is 4.14. The Kier molecular flexibility index (Phi) is 3.66. The van der Waals surface area contributed by atoms with Gasteiger partial charge in [-0.1, -0.05) is 0 Å². The van der Waals surface area contributed by atoms with Crippen molar-refractivity contribution in [3.63, 3.8) is 0 Å². The molecule has 0 radical (unpaired) electrons. The molecule has 2 rings (SSSR count). The van der Waals surface area contributed by atoms with Crippen LogP contribution >= 0.6 is 0 Å². The van der Waals surface area contributed by atoms with Crippen LogP contribution in [0.5, 0.6) is 0 Å². The zero-order valence-electron chi connectivity index (χ0n) is 12.3. The van der Waals surface area contributed by atoms with E-state index in [1.165, 1.54) is 12.8 Å². The van der Waals surface area contributed by atoms with Gasteiger partial charge >= 0.3 is 0 Å². The summed E-state index contributed by atoms with van der Waals surface area (Å²) in [7, 11) is 2.06. The van der Waals surface area contributed by atoms with Crippen LogP contribution in [0.2, 0.25) is 0 Å². The quantitative estimate of drug-likeness (QED) is 0.894. The van der Waals surface area contributed by atoms with E-state index >= 15 is 0 Å². The summed E-state index contributed by atoms with van der Waals surface area (Å²) >= 11 is 0. The van der Waals surface area contributed by atoms with Crippen molar-refractivity contribution in [3.05, 3.63) is 11.9 Å². The highest BCUT2D eigenvalue weighted by molar-refractivity contribution is 5.35. The van der Waals surface area contributed by atoms with Crippen molar-refractivity contribution >= 4 is 5.95 Å². The van der Waals surface area contributed by atoms with Crippen LogP contribution in [-0.4, -0.2) is 35.2 Å². The van der Waals surface area contributed by atoms with Crippen LogP contribution in [0.15, 0.2) is 6.20 Å². The van der Waals surface area contributed by atoms with E-state index in [0.717, 1.165) is 24.7 Å². The Bertz CT molecular complexity index is 400. The lowest BCUT2D eigenvalue weighted by molar-refractivity contribution is 0.302. The molecular weight excluding hydrogens is 224 g/mol. The minimum atomic E-state index is 0.292. The van der Waals surface area contributed by atoms with Gasteiger partial charge in [0, 0.05) is 30.9 Å². The first-order valence-corrected chi connectivity index (χ1v) is 6.94. The lowest BCUT2D eigenvalue weighted by Crippen LogP contribution is -2.50. The molecule has 0 spiro atoms. The molecule has 18 heavy (non-hydrogen) atoms. The number of aromatic nitrogens is 2. The second-order valence-electron chi connectivity index (χ2n) is 5.98. The van der Waals surface area contributed by atoms with Gasteiger partial charge in [0.2, 0.25) is 5.95 Å². The van der Waals surface area contributed by atoms with Crippen LogP contribution in [-0.2, 0) is 0 Å². The van der Waals surface area contributed by atoms with E-state index in [1.54, 1.807) is 0 Å². The van der Waals surface area contributed by atoms with E-state index in [4.69, 9.17) is 4.98 Å². The normalized spacial score (nSPS) is 19.6. The van der Waals surface area contributed by atoms with Gasteiger partial charge in [-0.2, -0.15) is 0 Å². The van der Waals surface area contributed by atoms with E-state index in [-0.39, 0.29) is 0 Å². The number of nitrogens with one attached hydrogen (secondary N) is 1. The Balaban J connectivity index is 2.14. The van der Waals surface area contributed by atoms with E-state index in [0.29, 0.717) is 11.6 Å². The molecule has 0 bridgehead atoms. The predicted molar refractivity (Wildman–Crippen MR) is 76.3 cm³/mol. The molecule has 0 unspecified atom stereocenters. The fraction of sp³-hybridized carbons (Fsp3) is 0.786. The zero-order valence-corrected chi connectivity index (χ0v) is 12.3. The van der Waals surface area contributed by atoms with Gasteiger partial charge in [0.1, 0.15) is 0 Å². The molecule has 0 aliphatic carbocycles. The average molecular weight is 250 g/mol. The van der Waals surface area contributed by atoms with Gasteiger partial charge in [-0.25, -0.2) is 4.98 Å². The summed E-state index contributed by atoms with van der Waals surface area (Å²) in [5.74, 6) is 1.14. The molecule has 102 valence electrons. The molecule has 4 heteroatoms. The molecule has 1 aliphatic rings. The second kappa shape index (κ2) is 4.92. The first-order chi connectivity index (χ1) is 8.45. The fourth-order valence-corrected chi connectivity index (χ4v) is 2.57. The molecule has 1 saturated heterocycles. The number of piperidine rings is 1. The third kappa shape index (κ3) is 2.53. The molecule has 4 nitrogen and oxygen atoms in total. The lowest BCUT2D eigenvalue weighted by Gasteiger charge is -2.40. The van der Waals surface area contributed by atoms with Gasteiger partial charge in [-0.15, -0.1) is 0 Å². The maximum atomic E-state index is 4.70. The molecule has 2 heterocycles. The van der Waals surface area contributed by atoms with Crippen LogP contribution in [0, 0.1) is 6.92 Å². The first-order valence-electron chi connectivity index (χ1n) is 6.94. The van der Waals surface area contributed by atoms with E-state index in [9.17, 15) is 0 Å². The maximum absolute atomic E-state index is 4.70. The number of rotatable bonds is 3. The summed E-state index contributed by atoms with van der Waals surface area (Å²) in [6.45, 7) is 11.0. The standard InChI is InChI=1S/C14H26N4/c1-11(2)18-10-12(3)16-13(18)17-8-6-14(4,15-5)7-9-17/h10-11,15H,6-9H2,1-5H3. The number of hydrogen-bond donors (Lipinski definition) is 1. The highest BCUT2D eigenvalue weighted by Crippen LogP contribution is 2.27. The van der Waals surface area contributed by atoms with Crippen LogP contribution in [0.1, 0.15) is 45.3 Å². The molecule has 1 fully saturated rings. The highest BCUT2D eigenvalue weighted by atomic mass is 15.3. The number of nitrogens with zero attached hydrogens (tertiary/aromatic N) is 3. The minimum Gasteiger partial charge on any atom is -0.342 e. The molecule has 1 aliphatic heterocycles. The zero-order chi connectivity index (χ0) is 13.3. The van der Waals surface area contributed by atoms with Crippen LogP contribution in [0.3, 0.4) is 0 Å². The van der Waals surface area contributed by atoms with Gasteiger partial charge < -0.3 is 14.8 Å². The summed E-state index contributed by atoms with van der Waals surface area (Å²) in [6, 6.07) is 0.471. The number of hydrogen-bond acceptors (Lipinski definition) is 3. The first kappa shape index (κ1) is 13.4. The smallest absolute Gasteiger partial charge is 0.205 e. The SMILES string of the molecule is CNC1(C)CCN(c2nc(C)cn2C(C)C)CC1. The van der Waals surface area contributed by atoms with Crippen molar-refractivity contribution < 1.29 is 0 Å². The minimum absolute atomic E-state index is 0.292. The summed E-state index contributed by atoms with van der Waals surface area (Å²) in [5.41, 5.74) is 1.40. The Morgan fingerprint density at radius 2 is 1.94 bits per heavy atom. The van der Waals surface area contributed by atoms with Gasteiger partial charge in [-0.05, 0) is 47.6 Å². The number of aryl methyl sites for hydroxylation is 1. The van der Waals surface area contributed by atoms with Gasteiger partial charge in [0.05, 0.1) is 5.69 Å². The van der Waals surface area contributed by atoms with Crippen molar-refractivity contribution in [2.75, 3.05) is 25.0 Å². The van der Waals surface area contributed by atoms with Crippen molar-refractivity contribution in [2.24, 2.45) is 0 Å². The lowest BCUT2D eigenvalue weighted by atomic mass is 9.90. The van der Waals surface area contributed by atoms with E-state index in [2.05, 4.69) is 55.7 Å². The molecule has 0 aromatic carbocycles. The summed E-state index contributed by atoms with van der Waals surface area (Å²) in [5, 5.41) is 3.44. The van der Waals surface area contributed by atoms with E-state index < -0.39 is 0 Å². The van der Waals surface area contributed by atoms with Crippen molar-refractivity contribution in [1.82, 2.24) is 14.9 Å². The molecule has 1 aromatic rings. The molecule has 0 amide bonds. The fourth-order valence-electron chi connectivity index (χ4n) is 2.57. The Labute approximate surface area is 110 Å². The monoisotopic (exact) mass is 250 g/mol. The molecule has 1 N–H and O–H groups in total.